The molecule has 0 aliphatic rings. The van der Waals surface area contributed by atoms with Gasteiger partial charge in [-0.15, -0.1) is 0 Å². The van der Waals surface area contributed by atoms with Gasteiger partial charge < -0.3 is 5.11 Å². The summed E-state index contributed by atoms with van der Waals surface area (Å²) in [7, 11) is 0. The average Bonchev–Trinajstić information content (AvgIpc) is 2.06. The number of aryl methyl sites for hydroxylation is 1. The van der Waals surface area contributed by atoms with Gasteiger partial charge in [0.1, 0.15) is 11.6 Å². The van der Waals surface area contributed by atoms with Gasteiger partial charge in [-0.05, 0) is 18.6 Å². The van der Waals surface area contributed by atoms with E-state index in [1.165, 1.54) is 12.1 Å². The van der Waals surface area contributed by atoms with E-state index >= 15 is 0 Å². The summed E-state index contributed by atoms with van der Waals surface area (Å²) in [5.74, 6) is 4.16. The molecule has 0 aliphatic carbocycles. The van der Waals surface area contributed by atoms with E-state index in [1.807, 2.05) is 0 Å². The fourth-order valence-corrected chi connectivity index (χ4v) is 0.949. The largest absolute Gasteiger partial charge is 0.507 e. The summed E-state index contributed by atoms with van der Waals surface area (Å²) in [6.07, 6.45) is 0. The Bertz CT molecular complexity index is 289. The predicted molar refractivity (Wildman–Crippen MR) is 41.8 cm³/mol. The molecule has 0 saturated heterocycles. The van der Waals surface area contributed by atoms with Gasteiger partial charge in [0.15, 0.2) is 0 Å². The van der Waals surface area contributed by atoms with Crippen LogP contribution in [0.3, 0.4) is 0 Å². The van der Waals surface area contributed by atoms with Gasteiger partial charge in [-0.2, -0.15) is 0 Å². The van der Waals surface area contributed by atoms with E-state index in [9.17, 15) is 9.50 Å². The molecule has 0 radical (unpaired) electrons. The van der Waals surface area contributed by atoms with Crippen molar-refractivity contribution in [2.45, 2.75) is 13.5 Å². The van der Waals surface area contributed by atoms with Crippen molar-refractivity contribution in [2.24, 2.45) is 5.90 Å². The standard InChI is InChI=1S/C8H10FNO2/c1-5-2-3-7(9)6(4-12-10)8(5)11/h2-3,11H,4,10H2,1H3. The normalized spacial score (nSPS) is 10.2. The van der Waals surface area contributed by atoms with Crippen LogP contribution in [0.2, 0.25) is 0 Å². The maximum atomic E-state index is 12.9. The van der Waals surface area contributed by atoms with Crippen LogP contribution >= 0.6 is 0 Å². The van der Waals surface area contributed by atoms with Gasteiger partial charge >= 0.3 is 0 Å². The molecule has 3 N–H and O–H groups in total. The molecule has 12 heavy (non-hydrogen) atoms. The topological polar surface area (TPSA) is 55.5 Å². The van der Waals surface area contributed by atoms with Crippen LogP contribution in [0, 0.1) is 12.7 Å². The summed E-state index contributed by atoms with van der Waals surface area (Å²) in [4.78, 5) is 4.24. The second-order valence-electron chi connectivity index (χ2n) is 2.50. The van der Waals surface area contributed by atoms with E-state index in [0.29, 0.717) is 5.56 Å². The molecule has 4 heteroatoms. The lowest BCUT2D eigenvalue weighted by Crippen LogP contribution is -2.02. The molecular weight excluding hydrogens is 161 g/mol. The number of hydrogen-bond acceptors (Lipinski definition) is 3. The lowest BCUT2D eigenvalue weighted by atomic mass is 10.1. The maximum Gasteiger partial charge on any atom is 0.132 e. The Hall–Kier alpha value is -1.13. The van der Waals surface area contributed by atoms with E-state index in [0.717, 1.165) is 0 Å². The first-order chi connectivity index (χ1) is 5.66. The molecule has 0 spiro atoms. The minimum absolute atomic E-state index is 0.0949. The number of benzene rings is 1. The van der Waals surface area contributed by atoms with Gasteiger partial charge in [0, 0.05) is 0 Å². The molecule has 1 rings (SSSR count). The molecular formula is C8H10FNO2. The van der Waals surface area contributed by atoms with E-state index in [2.05, 4.69) is 4.84 Å². The molecule has 1 aromatic rings. The first kappa shape index (κ1) is 8.96. The molecule has 66 valence electrons. The summed E-state index contributed by atoms with van der Waals surface area (Å²) >= 11 is 0. The monoisotopic (exact) mass is 171 g/mol. The van der Waals surface area contributed by atoms with Gasteiger partial charge in [0.2, 0.25) is 0 Å². The summed E-state index contributed by atoms with van der Waals surface area (Å²) in [6, 6.07) is 2.76. The molecule has 0 amide bonds. The van der Waals surface area contributed by atoms with Crippen LogP contribution in [0.4, 0.5) is 4.39 Å². The van der Waals surface area contributed by atoms with Crippen molar-refractivity contribution in [3.05, 3.63) is 29.1 Å². The smallest absolute Gasteiger partial charge is 0.132 e. The second-order valence-corrected chi connectivity index (χ2v) is 2.50. The van der Waals surface area contributed by atoms with Gasteiger partial charge in [0.05, 0.1) is 12.2 Å². The zero-order valence-corrected chi connectivity index (χ0v) is 6.67. The van der Waals surface area contributed by atoms with Crippen LogP contribution < -0.4 is 5.90 Å². The maximum absolute atomic E-state index is 12.9. The first-order valence-corrected chi connectivity index (χ1v) is 3.45. The third-order valence-electron chi connectivity index (χ3n) is 1.65. The molecule has 3 nitrogen and oxygen atoms in total. The summed E-state index contributed by atoms with van der Waals surface area (Å²) in [6.45, 7) is 1.55. The zero-order valence-electron chi connectivity index (χ0n) is 6.67. The van der Waals surface area contributed by atoms with Crippen molar-refractivity contribution in [1.82, 2.24) is 0 Å². The minimum atomic E-state index is -0.511. The van der Waals surface area contributed by atoms with Gasteiger partial charge in [-0.3, -0.25) is 4.84 Å². The Kier molecular flexibility index (Phi) is 2.62. The summed E-state index contributed by atoms with van der Waals surface area (Å²) in [5, 5.41) is 9.33. The van der Waals surface area contributed by atoms with E-state index in [-0.39, 0.29) is 17.9 Å². The lowest BCUT2D eigenvalue weighted by Gasteiger charge is -2.06. The Labute approximate surface area is 69.5 Å². The Morgan fingerprint density at radius 3 is 2.83 bits per heavy atom. The van der Waals surface area contributed by atoms with Crippen molar-refractivity contribution in [3.63, 3.8) is 0 Å². The third-order valence-corrected chi connectivity index (χ3v) is 1.65. The quantitative estimate of drug-likeness (QED) is 0.658. The molecule has 0 heterocycles. The Morgan fingerprint density at radius 1 is 1.58 bits per heavy atom. The van der Waals surface area contributed by atoms with Crippen LogP contribution in [0.5, 0.6) is 5.75 Å². The van der Waals surface area contributed by atoms with E-state index in [4.69, 9.17) is 5.90 Å². The van der Waals surface area contributed by atoms with Crippen LogP contribution in [-0.4, -0.2) is 5.11 Å². The SMILES string of the molecule is Cc1ccc(F)c(CON)c1O. The number of phenolic OH excluding ortho intramolecular Hbond substituents is 1. The number of nitrogens with two attached hydrogens (primary N) is 1. The van der Waals surface area contributed by atoms with Crippen LogP contribution in [0.25, 0.3) is 0 Å². The van der Waals surface area contributed by atoms with Crippen LogP contribution in [-0.2, 0) is 11.4 Å². The highest BCUT2D eigenvalue weighted by atomic mass is 19.1. The lowest BCUT2D eigenvalue weighted by molar-refractivity contribution is 0.119. The van der Waals surface area contributed by atoms with Crippen LogP contribution in [0.1, 0.15) is 11.1 Å². The molecule has 0 atom stereocenters. The van der Waals surface area contributed by atoms with Gasteiger partial charge in [-0.25, -0.2) is 10.3 Å². The van der Waals surface area contributed by atoms with E-state index < -0.39 is 5.82 Å². The molecule has 0 bridgehead atoms. The van der Waals surface area contributed by atoms with Gasteiger partial charge in [-0.1, -0.05) is 6.07 Å². The number of halogens is 1. The molecule has 1 aromatic carbocycles. The fraction of sp³-hybridized carbons (Fsp3) is 0.250. The highest BCUT2D eigenvalue weighted by Crippen LogP contribution is 2.24. The fourth-order valence-electron chi connectivity index (χ4n) is 0.949. The summed E-state index contributed by atoms with van der Waals surface area (Å²) < 4.78 is 12.9. The van der Waals surface area contributed by atoms with Crippen molar-refractivity contribution in [3.8, 4) is 5.75 Å². The highest BCUT2D eigenvalue weighted by Gasteiger charge is 2.09. The number of phenols is 1. The summed E-state index contributed by atoms with van der Waals surface area (Å²) in [5.41, 5.74) is 0.695. The Balaban J connectivity index is 3.14. The molecule has 0 unspecified atom stereocenters. The first-order valence-electron chi connectivity index (χ1n) is 3.45. The average molecular weight is 171 g/mol. The highest BCUT2D eigenvalue weighted by molar-refractivity contribution is 5.39. The van der Waals surface area contributed by atoms with Crippen LogP contribution in [0.15, 0.2) is 12.1 Å². The zero-order chi connectivity index (χ0) is 9.14. The second kappa shape index (κ2) is 3.51. The molecule has 0 fully saturated rings. The van der Waals surface area contributed by atoms with Gasteiger partial charge in [0.25, 0.3) is 0 Å². The van der Waals surface area contributed by atoms with Crippen molar-refractivity contribution in [2.75, 3.05) is 0 Å². The minimum Gasteiger partial charge on any atom is -0.507 e. The Morgan fingerprint density at radius 2 is 2.25 bits per heavy atom. The number of rotatable bonds is 2. The molecule has 0 aliphatic heterocycles. The van der Waals surface area contributed by atoms with Crippen molar-refractivity contribution >= 4 is 0 Å². The molecule has 0 aromatic heterocycles. The van der Waals surface area contributed by atoms with E-state index in [1.54, 1.807) is 6.92 Å². The predicted octanol–water partition coefficient (Wildman–Crippen LogP) is 1.23. The number of aromatic hydroxyl groups is 1. The van der Waals surface area contributed by atoms with Crippen molar-refractivity contribution in [1.29, 1.82) is 0 Å². The van der Waals surface area contributed by atoms with Crippen molar-refractivity contribution < 1.29 is 14.3 Å². The molecule has 0 saturated carbocycles. The third kappa shape index (κ3) is 1.54. The number of hydrogen-bond donors (Lipinski definition) is 2.